The Morgan fingerprint density at radius 3 is 1.76 bits per heavy atom. The molecule has 0 N–H and O–H groups in total. The van der Waals surface area contributed by atoms with Gasteiger partial charge < -0.3 is 4.74 Å². The molecule has 0 aliphatic heterocycles. The van der Waals surface area contributed by atoms with Crippen LogP contribution in [0.4, 0.5) is 17.6 Å². The number of halogens is 4. The molecule has 2 fully saturated rings. The largest absolute Gasteiger partial charge is 0.573 e. The van der Waals surface area contributed by atoms with Gasteiger partial charge in [0.2, 0.25) is 0 Å². The molecule has 1 aromatic rings. The first-order valence-corrected chi connectivity index (χ1v) is 13.9. The number of rotatable bonds is 12. The smallest absolute Gasteiger partial charge is 0.403 e. The van der Waals surface area contributed by atoms with Crippen molar-refractivity contribution in [1.29, 1.82) is 0 Å². The Balaban J connectivity index is 1.27. The molecule has 5 heteroatoms. The standard InChI is InChI=1S/C29H44F4O/c1-2-3-4-5-6-22-7-9-23(10-8-22)11-12-24-13-15-25(16-14-24)17-18-26-19-20-28(27(30)21-26)34-29(31,32)33/h19-25H,2-18H2,1H3. The van der Waals surface area contributed by atoms with Gasteiger partial charge in [-0.3, -0.25) is 0 Å². The van der Waals surface area contributed by atoms with E-state index in [4.69, 9.17) is 0 Å². The van der Waals surface area contributed by atoms with Crippen LogP contribution in [0.5, 0.6) is 5.75 Å². The lowest BCUT2D eigenvalue weighted by Crippen LogP contribution is -2.18. The molecule has 0 atom stereocenters. The van der Waals surface area contributed by atoms with Crippen LogP contribution < -0.4 is 4.74 Å². The predicted molar refractivity (Wildman–Crippen MR) is 130 cm³/mol. The molecule has 3 rings (SSSR count). The van der Waals surface area contributed by atoms with Gasteiger partial charge in [-0.05, 0) is 54.2 Å². The van der Waals surface area contributed by atoms with E-state index in [2.05, 4.69) is 11.7 Å². The van der Waals surface area contributed by atoms with Gasteiger partial charge in [0.05, 0.1) is 0 Å². The van der Waals surface area contributed by atoms with E-state index in [1.165, 1.54) is 102 Å². The zero-order valence-corrected chi connectivity index (χ0v) is 21.0. The quantitative estimate of drug-likeness (QED) is 0.212. The van der Waals surface area contributed by atoms with Crippen LogP contribution in [-0.2, 0) is 6.42 Å². The van der Waals surface area contributed by atoms with Crippen LogP contribution in [0.25, 0.3) is 0 Å². The van der Waals surface area contributed by atoms with Crippen LogP contribution in [0.1, 0.15) is 115 Å². The third-order valence-electron chi connectivity index (χ3n) is 8.44. The van der Waals surface area contributed by atoms with E-state index in [1.54, 1.807) is 6.07 Å². The van der Waals surface area contributed by atoms with E-state index >= 15 is 0 Å². The summed E-state index contributed by atoms with van der Waals surface area (Å²) in [5.74, 6) is 1.75. The first-order chi connectivity index (χ1) is 16.3. The van der Waals surface area contributed by atoms with E-state index in [9.17, 15) is 17.6 Å². The van der Waals surface area contributed by atoms with Crippen LogP contribution in [0.15, 0.2) is 18.2 Å². The normalized spacial score (nSPS) is 25.9. The van der Waals surface area contributed by atoms with Crippen molar-refractivity contribution in [2.24, 2.45) is 23.7 Å². The van der Waals surface area contributed by atoms with Crippen molar-refractivity contribution in [1.82, 2.24) is 0 Å². The van der Waals surface area contributed by atoms with Crippen molar-refractivity contribution in [3.8, 4) is 5.75 Å². The lowest BCUT2D eigenvalue weighted by molar-refractivity contribution is -0.275. The number of ether oxygens (including phenoxy) is 1. The molecule has 1 aromatic carbocycles. The third-order valence-corrected chi connectivity index (χ3v) is 8.44. The summed E-state index contributed by atoms with van der Waals surface area (Å²) in [7, 11) is 0. The Hall–Kier alpha value is -1.26. The minimum atomic E-state index is -4.87. The Morgan fingerprint density at radius 1 is 0.735 bits per heavy atom. The molecule has 0 saturated heterocycles. The first kappa shape index (κ1) is 27.3. The molecule has 0 aromatic heterocycles. The second-order valence-electron chi connectivity index (χ2n) is 11.1. The lowest BCUT2D eigenvalue weighted by atomic mass is 9.74. The Morgan fingerprint density at radius 2 is 1.26 bits per heavy atom. The summed E-state index contributed by atoms with van der Waals surface area (Å²) in [6.45, 7) is 2.28. The van der Waals surface area contributed by atoms with Gasteiger partial charge in [0, 0.05) is 0 Å². The minimum absolute atomic E-state index is 0.647. The number of hydrogen-bond donors (Lipinski definition) is 0. The molecule has 0 bridgehead atoms. The van der Waals surface area contributed by atoms with Crippen LogP contribution >= 0.6 is 0 Å². The van der Waals surface area contributed by atoms with Crippen LogP contribution in [-0.4, -0.2) is 6.36 Å². The molecule has 34 heavy (non-hydrogen) atoms. The van der Waals surface area contributed by atoms with Gasteiger partial charge in [-0.2, -0.15) is 0 Å². The summed E-state index contributed by atoms with van der Waals surface area (Å²) in [6, 6.07) is 3.83. The maximum atomic E-state index is 13.9. The molecule has 1 nitrogen and oxygen atoms in total. The molecule has 194 valence electrons. The molecule has 0 spiro atoms. The van der Waals surface area contributed by atoms with Gasteiger partial charge in [-0.1, -0.05) is 109 Å². The highest BCUT2D eigenvalue weighted by Crippen LogP contribution is 2.38. The Bertz CT molecular complexity index is 701. The predicted octanol–water partition coefficient (Wildman–Crippen LogP) is 10.0. The summed E-state index contributed by atoms with van der Waals surface area (Å²) >= 11 is 0. The van der Waals surface area contributed by atoms with Crippen molar-refractivity contribution in [3.63, 3.8) is 0 Å². The van der Waals surface area contributed by atoms with Crippen LogP contribution in [0, 0.1) is 29.5 Å². The number of hydrogen-bond acceptors (Lipinski definition) is 1. The second kappa shape index (κ2) is 13.7. The Kier molecular flexibility index (Phi) is 11.0. The summed E-state index contributed by atoms with van der Waals surface area (Å²) in [4.78, 5) is 0. The zero-order chi connectivity index (χ0) is 24.4. The van der Waals surface area contributed by atoms with E-state index in [-0.39, 0.29) is 0 Å². The van der Waals surface area contributed by atoms with Gasteiger partial charge in [0.25, 0.3) is 0 Å². The van der Waals surface area contributed by atoms with Gasteiger partial charge >= 0.3 is 6.36 Å². The van der Waals surface area contributed by atoms with E-state index < -0.39 is 17.9 Å². The molecule has 0 amide bonds. The average Bonchev–Trinajstić information content (AvgIpc) is 2.81. The highest BCUT2D eigenvalue weighted by Gasteiger charge is 2.32. The van der Waals surface area contributed by atoms with Gasteiger partial charge in [0.1, 0.15) is 0 Å². The topological polar surface area (TPSA) is 9.23 Å². The van der Waals surface area contributed by atoms with Crippen LogP contribution in [0.3, 0.4) is 0 Å². The maximum Gasteiger partial charge on any atom is 0.573 e. The number of benzene rings is 1. The van der Waals surface area contributed by atoms with E-state index in [0.717, 1.165) is 35.8 Å². The lowest BCUT2D eigenvalue weighted by Gasteiger charge is -2.32. The molecule has 2 aliphatic carbocycles. The molecule has 0 heterocycles. The fourth-order valence-electron chi connectivity index (χ4n) is 6.23. The van der Waals surface area contributed by atoms with Crippen molar-refractivity contribution < 1.29 is 22.3 Å². The van der Waals surface area contributed by atoms with Gasteiger partial charge in [-0.25, -0.2) is 4.39 Å². The Labute approximate surface area is 204 Å². The molecular formula is C29H44F4O. The fraction of sp³-hybridized carbons (Fsp3) is 0.793. The summed E-state index contributed by atoms with van der Waals surface area (Å²) in [5, 5.41) is 0. The van der Waals surface area contributed by atoms with Crippen molar-refractivity contribution in [2.75, 3.05) is 0 Å². The summed E-state index contributed by atoms with van der Waals surface area (Å²) in [5.41, 5.74) is 0.745. The number of alkyl halides is 3. The molecular weight excluding hydrogens is 440 g/mol. The SMILES string of the molecule is CCCCCCC1CCC(CCC2CCC(CCc3ccc(OC(F)(F)F)c(F)c3)CC2)CC1. The molecule has 2 saturated carbocycles. The van der Waals surface area contributed by atoms with Gasteiger partial charge in [0.15, 0.2) is 11.6 Å². The summed E-state index contributed by atoms with van der Waals surface area (Å²) < 4.78 is 54.5. The average molecular weight is 485 g/mol. The van der Waals surface area contributed by atoms with Crippen molar-refractivity contribution in [2.45, 2.75) is 122 Å². The minimum Gasteiger partial charge on any atom is -0.403 e. The van der Waals surface area contributed by atoms with Crippen molar-refractivity contribution >= 4 is 0 Å². The highest BCUT2D eigenvalue weighted by atomic mass is 19.4. The number of unbranched alkanes of at least 4 members (excludes halogenated alkanes) is 3. The van der Waals surface area contributed by atoms with Crippen LogP contribution in [0.2, 0.25) is 0 Å². The number of aryl methyl sites for hydroxylation is 1. The first-order valence-electron chi connectivity index (χ1n) is 13.9. The van der Waals surface area contributed by atoms with Gasteiger partial charge in [-0.15, -0.1) is 13.2 Å². The molecule has 0 unspecified atom stereocenters. The van der Waals surface area contributed by atoms with Crippen molar-refractivity contribution in [3.05, 3.63) is 29.6 Å². The fourth-order valence-corrected chi connectivity index (χ4v) is 6.23. The van der Waals surface area contributed by atoms with E-state index in [1.807, 2.05) is 0 Å². The maximum absolute atomic E-state index is 13.9. The third kappa shape index (κ3) is 9.77. The molecule has 0 radical (unpaired) electrons. The monoisotopic (exact) mass is 484 g/mol. The molecule has 2 aliphatic rings. The van der Waals surface area contributed by atoms with E-state index in [0.29, 0.717) is 12.3 Å². The second-order valence-corrected chi connectivity index (χ2v) is 11.1. The summed E-state index contributed by atoms with van der Waals surface area (Å²) in [6.07, 6.45) is 17.5. The highest BCUT2D eigenvalue weighted by molar-refractivity contribution is 5.29. The zero-order valence-electron chi connectivity index (χ0n) is 21.0.